The summed E-state index contributed by atoms with van der Waals surface area (Å²) in [6, 6.07) is 6.09. The van der Waals surface area contributed by atoms with Gasteiger partial charge in [0.2, 0.25) is 0 Å². The van der Waals surface area contributed by atoms with Crippen molar-refractivity contribution in [1.29, 1.82) is 0 Å². The Morgan fingerprint density at radius 1 is 1.40 bits per heavy atom. The molecule has 2 aromatic rings. The summed E-state index contributed by atoms with van der Waals surface area (Å²) < 4.78 is 5.12. The lowest BCUT2D eigenvalue weighted by Crippen LogP contribution is -2.22. The molecule has 0 atom stereocenters. The van der Waals surface area contributed by atoms with Crippen LogP contribution in [0.15, 0.2) is 28.9 Å². The van der Waals surface area contributed by atoms with E-state index in [4.69, 9.17) is 10.3 Å². The summed E-state index contributed by atoms with van der Waals surface area (Å²) in [5, 5.41) is 4.94. The molecule has 0 bridgehead atoms. The minimum absolute atomic E-state index is 0.124. The van der Waals surface area contributed by atoms with Crippen LogP contribution in [0.1, 0.15) is 24.8 Å². The molecule has 1 aromatic heterocycles. The van der Waals surface area contributed by atoms with Crippen LogP contribution in [0.3, 0.4) is 0 Å². The lowest BCUT2D eigenvalue weighted by atomic mass is 10.0. The fourth-order valence-corrected chi connectivity index (χ4v) is 1.96. The van der Waals surface area contributed by atoms with Gasteiger partial charge in [-0.2, -0.15) is 0 Å². The minimum Gasteiger partial charge on any atom is -0.356 e. The van der Waals surface area contributed by atoms with Gasteiger partial charge in [-0.05, 0) is 37.3 Å². The second-order valence-electron chi connectivity index (χ2n) is 4.52. The molecule has 3 nitrogen and oxygen atoms in total. The first-order valence-corrected chi connectivity index (χ1v) is 5.38. The molecule has 15 heavy (non-hydrogen) atoms. The summed E-state index contributed by atoms with van der Waals surface area (Å²) in [7, 11) is 0. The van der Waals surface area contributed by atoms with E-state index in [1.54, 1.807) is 6.20 Å². The summed E-state index contributed by atoms with van der Waals surface area (Å²) >= 11 is 0. The number of aromatic nitrogens is 1. The third-order valence-electron chi connectivity index (χ3n) is 3.27. The lowest BCUT2D eigenvalue weighted by Gasteiger charge is -2.08. The van der Waals surface area contributed by atoms with Crippen molar-refractivity contribution in [3.8, 4) is 0 Å². The molecule has 1 heterocycles. The molecule has 78 valence electrons. The molecule has 0 spiro atoms. The molecule has 3 rings (SSSR count). The van der Waals surface area contributed by atoms with Gasteiger partial charge in [0.25, 0.3) is 0 Å². The fraction of sp³-hybridized carbons (Fsp3) is 0.417. The van der Waals surface area contributed by atoms with Gasteiger partial charge in [0, 0.05) is 10.9 Å². The van der Waals surface area contributed by atoms with E-state index < -0.39 is 0 Å². The summed E-state index contributed by atoms with van der Waals surface area (Å²) in [5.41, 5.74) is 8.37. The Bertz CT molecular complexity index is 485. The van der Waals surface area contributed by atoms with Crippen molar-refractivity contribution in [1.82, 2.24) is 5.16 Å². The first-order chi connectivity index (χ1) is 7.27. The summed E-state index contributed by atoms with van der Waals surface area (Å²) in [6.07, 6.45) is 6.23. The molecule has 0 saturated heterocycles. The minimum atomic E-state index is 0.124. The molecule has 0 radical (unpaired) electrons. The quantitative estimate of drug-likeness (QED) is 0.830. The van der Waals surface area contributed by atoms with Crippen molar-refractivity contribution in [2.45, 2.75) is 31.2 Å². The Kier molecular flexibility index (Phi) is 1.83. The molecule has 1 saturated carbocycles. The molecular formula is C12H14N2O. The molecular weight excluding hydrogens is 188 g/mol. The standard InChI is InChI=1S/C12H14N2O/c13-12(6-7-12)5-4-9-2-1-3-11-10(9)8-14-15-11/h1-3,8H,4-7,13H2. The second kappa shape index (κ2) is 3.07. The highest BCUT2D eigenvalue weighted by Gasteiger charge is 2.37. The van der Waals surface area contributed by atoms with Gasteiger partial charge in [-0.1, -0.05) is 17.3 Å². The monoisotopic (exact) mass is 202 g/mol. The van der Waals surface area contributed by atoms with Crippen LogP contribution in [0.4, 0.5) is 0 Å². The zero-order valence-electron chi connectivity index (χ0n) is 8.57. The van der Waals surface area contributed by atoms with Crippen LogP contribution in [-0.4, -0.2) is 10.7 Å². The number of hydrogen-bond acceptors (Lipinski definition) is 3. The number of aryl methyl sites for hydroxylation is 1. The van der Waals surface area contributed by atoms with Crippen LogP contribution in [-0.2, 0) is 6.42 Å². The third kappa shape index (κ3) is 1.63. The molecule has 0 aliphatic heterocycles. The Morgan fingerprint density at radius 3 is 3.07 bits per heavy atom. The summed E-state index contributed by atoms with van der Waals surface area (Å²) in [6.45, 7) is 0. The van der Waals surface area contributed by atoms with Gasteiger partial charge in [-0.15, -0.1) is 0 Å². The maximum atomic E-state index is 6.07. The number of benzene rings is 1. The van der Waals surface area contributed by atoms with Gasteiger partial charge in [0.15, 0.2) is 5.58 Å². The van der Waals surface area contributed by atoms with Crippen LogP contribution in [0.5, 0.6) is 0 Å². The zero-order chi connectivity index (χ0) is 10.3. The Hall–Kier alpha value is -1.35. The average Bonchev–Trinajstić information content (AvgIpc) is 2.80. The molecule has 0 amide bonds. The number of hydrogen-bond donors (Lipinski definition) is 1. The molecule has 0 unspecified atom stereocenters. The molecule has 1 aliphatic carbocycles. The third-order valence-corrected chi connectivity index (χ3v) is 3.27. The van der Waals surface area contributed by atoms with E-state index in [0.29, 0.717) is 0 Å². The van der Waals surface area contributed by atoms with Gasteiger partial charge >= 0.3 is 0 Å². The highest BCUT2D eigenvalue weighted by atomic mass is 16.5. The van der Waals surface area contributed by atoms with E-state index in [1.165, 1.54) is 18.4 Å². The molecule has 1 aliphatic rings. The fourth-order valence-electron chi connectivity index (χ4n) is 1.96. The molecule has 1 aromatic carbocycles. The van der Waals surface area contributed by atoms with E-state index in [2.05, 4.69) is 11.2 Å². The first-order valence-electron chi connectivity index (χ1n) is 5.38. The van der Waals surface area contributed by atoms with Crippen LogP contribution in [0.25, 0.3) is 11.0 Å². The smallest absolute Gasteiger partial charge is 0.167 e. The lowest BCUT2D eigenvalue weighted by molar-refractivity contribution is 0.456. The Morgan fingerprint density at radius 2 is 2.27 bits per heavy atom. The Labute approximate surface area is 88.2 Å². The van der Waals surface area contributed by atoms with E-state index >= 15 is 0 Å². The van der Waals surface area contributed by atoms with Gasteiger partial charge in [0.1, 0.15) is 0 Å². The van der Waals surface area contributed by atoms with Crippen LogP contribution >= 0.6 is 0 Å². The molecule has 2 N–H and O–H groups in total. The maximum absolute atomic E-state index is 6.07. The normalized spacial score (nSPS) is 18.2. The van der Waals surface area contributed by atoms with E-state index in [9.17, 15) is 0 Å². The largest absolute Gasteiger partial charge is 0.356 e. The topological polar surface area (TPSA) is 52.0 Å². The van der Waals surface area contributed by atoms with Gasteiger partial charge in [-0.25, -0.2) is 0 Å². The summed E-state index contributed by atoms with van der Waals surface area (Å²) in [4.78, 5) is 0. The van der Waals surface area contributed by atoms with Crippen molar-refractivity contribution in [3.63, 3.8) is 0 Å². The highest BCUT2D eigenvalue weighted by Crippen LogP contribution is 2.37. The van der Waals surface area contributed by atoms with Crippen molar-refractivity contribution in [3.05, 3.63) is 30.0 Å². The number of fused-ring (bicyclic) bond motifs is 1. The van der Waals surface area contributed by atoms with Crippen molar-refractivity contribution < 1.29 is 4.52 Å². The SMILES string of the molecule is NC1(CCc2cccc3oncc23)CC1. The highest BCUT2D eigenvalue weighted by molar-refractivity contribution is 5.79. The van der Waals surface area contributed by atoms with Crippen molar-refractivity contribution >= 4 is 11.0 Å². The summed E-state index contributed by atoms with van der Waals surface area (Å²) in [5.74, 6) is 0. The predicted molar refractivity (Wildman–Crippen MR) is 58.5 cm³/mol. The predicted octanol–water partition coefficient (Wildman–Crippen LogP) is 2.25. The van der Waals surface area contributed by atoms with Crippen LogP contribution in [0, 0.1) is 0 Å². The van der Waals surface area contributed by atoms with E-state index in [0.717, 1.165) is 23.8 Å². The van der Waals surface area contributed by atoms with Crippen molar-refractivity contribution in [2.75, 3.05) is 0 Å². The zero-order valence-corrected chi connectivity index (χ0v) is 8.57. The van der Waals surface area contributed by atoms with Crippen LogP contribution < -0.4 is 5.73 Å². The van der Waals surface area contributed by atoms with E-state index in [-0.39, 0.29) is 5.54 Å². The first kappa shape index (κ1) is 8.92. The van der Waals surface area contributed by atoms with Gasteiger partial charge < -0.3 is 10.3 Å². The molecule has 1 fully saturated rings. The van der Waals surface area contributed by atoms with E-state index in [1.807, 2.05) is 12.1 Å². The van der Waals surface area contributed by atoms with Crippen molar-refractivity contribution in [2.24, 2.45) is 5.73 Å². The average molecular weight is 202 g/mol. The second-order valence-corrected chi connectivity index (χ2v) is 4.52. The number of nitrogens with zero attached hydrogens (tertiary/aromatic N) is 1. The number of nitrogens with two attached hydrogens (primary N) is 1. The van der Waals surface area contributed by atoms with Gasteiger partial charge in [0.05, 0.1) is 6.20 Å². The van der Waals surface area contributed by atoms with Crippen LogP contribution in [0.2, 0.25) is 0 Å². The number of rotatable bonds is 3. The Balaban J connectivity index is 1.86. The maximum Gasteiger partial charge on any atom is 0.167 e. The molecule has 3 heteroatoms. The van der Waals surface area contributed by atoms with Gasteiger partial charge in [-0.3, -0.25) is 0 Å².